The standard InChI is InChI=1S/C20H17ClFN7OS/c21-13-7-5-12(6-8-13)16-11-17(26-25-16)19-27-28-20(29(19)23)31-10-9-18(30)24-15-4-2-1-3-14(15)22/h1-8,11H,9-10,23H2,(H,24,30)(H,25,26). The van der Waals surface area contributed by atoms with Crippen molar-refractivity contribution in [3.05, 3.63) is 65.4 Å². The number of nitrogens with two attached hydrogens (primary N) is 1. The van der Waals surface area contributed by atoms with Gasteiger partial charge in [-0.25, -0.2) is 9.07 Å². The van der Waals surface area contributed by atoms with Crippen LogP contribution in [0.4, 0.5) is 10.1 Å². The Balaban J connectivity index is 1.37. The summed E-state index contributed by atoms with van der Waals surface area (Å²) in [4.78, 5) is 12.0. The molecule has 0 fully saturated rings. The molecule has 0 spiro atoms. The van der Waals surface area contributed by atoms with Crippen molar-refractivity contribution >= 4 is 35.0 Å². The van der Waals surface area contributed by atoms with Gasteiger partial charge in [0, 0.05) is 22.8 Å². The highest BCUT2D eigenvalue weighted by Gasteiger charge is 2.16. The molecule has 0 saturated heterocycles. The summed E-state index contributed by atoms with van der Waals surface area (Å²) in [5.41, 5.74) is 2.36. The third-order valence-corrected chi connectivity index (χ3v) is 5.53. The van der Waals surface area contributed by atoms with Crippen LogP contribution in [0.5, 0.6) is 0 Å². The quantitative estimate of drug-likeness (QED) is 0.286. The van der Waals surface area contributed by atoms with Crippen LogP contribution in [0.2, 0.25) is 5.02 Å². The lowest BCUT2D eigenvalue weighted by atomic mass is 10.1. The Kier molecular flexibility index (Phi) is 6.19. The zero-order valence-corrected chi connectivity index (χ0v) is 17.6. The number of carbonyl (C=O) groups excluding carboxylic acids is 1. The number of nitrogen functional groups attached to an aromatic ring is 1. The second kappa shape index (κ2) is 9.19. The van der Waals surface area contributed by atoms with Crippen LogP contribution in [0.25, 0.3) is 22.8 Å². The second-order valence-corrected chi connectivity index (χ2v) is 7.97. The van der Waals surface area contributed by atoms with Crippen LogP contribution >= 0.6 is 23.4 Å². The van der Waals surface area contributed by atoms with Crippen LogP contribution in [-0.2, 0) is 4.79 Å². The van der Waals surface area contributed by atoms with Gasteiger partial charge in [-0.05, 0) is 30.3 Å². The topological polar surface area (TPSA) is 115 Å². The number of anilines is 1. The summed E-state index contributed by atoms with van der Waals surface area (Å²) in [5, 5.41) is 19.0. The van der Waals surface area contributed by atoms with Crippen molar-refractivity contribution in [2.75, 3.05) is 16.9 Å². The van der Waals surface area contributed by atoms with Gasteiger partial charge in [-0.15, -0.1) is 10.2 Å². The molecule has 11 heteroatoms. The lowest BCUT2D eigenvalue weighted by Gasteiger charge is -2.06. The summed E-state index contributed by atoms with van der Waals surface area (Å²) >= 11 is 7.19. The summed E-state index contributed by atoms with van der Waals surface area (Å²) in [6.07, 6.45) is 0.159. The Labute approximate surface area is 186 Å². The smallest absolute Gasteiger partial charge is 0.225 e. The molecule has 0 aliphatic heterocycles. The number of amides is 1. The van der Waals surface area contributed by atoms with Crippen molar-refractivity contribution in [3.63, 3.8) is 0 Å². The van der Waals surface area contributed by atoms with Crippen LogP contribution < -0.4 is 11.2 Å². The van der Waals surface area contributed by atoms with E-state index in [1.165, 1.54) is 28.6 Å². The van der Waals surface area contributed by atoms with Gasteiger partial charge in [0.1, 0.15) is 11.5 Å². The van der Waals surface area contributed by atoms with Crippen molar-refractivity contribution in [2.45, 2.75) is 11.6 Å². The molecular formula is C20H17ClFN7OS. The lowest BCUT2D eigenvalue weighted by Crippen LogP contribution is -2.14. The van der Waals surface area contributed by atoms with Crippen molar-refractivity contribution in [1.82, 2.24) is 25.1 Å². The van der Waals surface area contributed by atoms with E-state index in [1.807, 2.05) is 18.2 Å². The molecule has 0 bridgehead atoms. The van der Waals surface area contributed by atoms with E-state index >= 15 is 0 Å². The number of rotatable bonds is 7. The van der Waals surface area contributed by atoms with Gasteiger partial charge in [-0.1, -0.05) is 47.6 Å². The minimum atomic E-state index is -0.479. The Morgan fingerprint density at radius 1 is 1.19 bits per heavy atom. The first kappa shape index (κ1) is 20.9. The first-order valence-electron chi connectivity index (χ1n) is 9.20. The highest BCUT2D eigenvalue weighted by Crippen LogP contribution is 2.25. The second-order valence-electron chi connectivity index (χ2n) is 6.48. The van der Waals surface area contributed by atoms with Gasteiger partial charge in [0.05, 0.1) is 11.4 Å². The molecule has 4 rings (SSSR count). The summed E-state index contributed by atoms with van der Waals surface area (Å²) in [7, 11) is 0. The summed E-state index contributed by atoms with van der Waals surface area (Å²) in [5.74, 6) is 6.14. The molecule has 1 amide bonds. The average Bonchev–Trinajstić information content (AvgIpc) is 3.38. The molecule has 2 aromatic carbocycles. The van der Waals surface area contributed by atoms with E-state index in [0.717, 1.165) is 5.56 Å². The molecule has 31 heavy (non-hydrogen) atoms. The SMILES string of the molecule is Nn1c(SCCC(=O)Nc2ccccc2F)nnc1-c1cc(-c2ccc(Cl)cc2)n[nH]1. The number of benzene rings is 2. The van der Waals surface area contributed by atoms with E-state index in [9.17, 15) is 9.18 Å². The fourth-order valence-corrected chi connectivity index (χ4v) is 3.69. The molecule has 158 valence electrons. The Morgan fingerprint density at radius 2 is 1.97 bits per heavy atom. The number of aromatic amines is 1. The molecule has 8 nitrogen and oxygen atoms in total. The molecule has 0 aliphatic rings. The van der Waals surface area contributed by atoms with Crippen molar-refractivity contribution in [1.29, 1.82) is 0 Å². The Hall–Kier alpha value is -3.37. The average molecular weight is 458 g/mol. The first-order valence-corrected chi connectivity index (χ1v) is 10.6. The molecule has 4 N–H and O–H groups in total. The maximum absolute atomic E-state index is 13.6. The lowest BCUT2D eigenvalue weighted by molar-refractivity contribution is -0.115. The number of para-hydroxylation sites is 1. The zero-order valence-electron chi connectivity index (χ0n) is 16.0. The van der Waals surface area contributed by atoms with E-state index in [2.05, 4.69) is 25.7 Å². The van der Waals surface area contributed by atoms with Crippen molar-refractivity contribution in [3.8, 4) is 22.8 Å². The number of halogens is 2. The first-order chi connectivity index (χ1) is 15.0. The monoisotopic (exact) mass is 457 g/mol. The number of nitrogens with one attached hydrogen (secondary N) is 2. The summed E-state index contributed by atoms with van der Waals surface area (Å²) in [6.45, 7) is 0. The molecule has 0 unspecified atom stereocenters. The van der Waals surface area contributed by atoms with E-state index in [4.69, 9.17) is 17.4 Å². The van der Waals surface area contributed by atoms with Gasteiger partial charge in [0.25, 0.3) is 0 Å². The van der Waals surface area contributed by atoms with E-state index in [1.54, 1.807) is 24.3 Å². The highest BCUT2D eigenvalue weighted by atomic mass is 35.5. The number of nitrogens with zero attached hydrogens (tertiary/aromatic N) is 4. The van der Waals surface area contributed by atoms with Crippen molar-refractivity contribution < 1.29 is 9.18 Å². The van der Waals surface area contributed by atoms with E-state index in [0.29, 0.717) is 33.1 Å². The van der Waals surface area contributed by atoms with Crippen LogP contribution in [0.3, 0.4) is 0 Å². The number of thioether (sulfide) groups is 1. The molecule has 2 aromatic heterocycles. The van der Waals surface area contributed by atoms with Crippen molar-refractivity contribution in [2.24, 2.45) is 0 Å². The number of hydrogen-bond donors (Lipinski definition) is 3. The highest BCUT2D eigenvalue weighted by molar-refractivity contribution is 7.99. The third-order valence-electron chi connectivity index (χ3n) is 4.33. The maximum atomic E-state index is 13.6. The molecule has 0 atom stereocenters. The molecule has 2 heterocycles. The molecule has 0 aliphatic carbocycles. The number of aromatic nitrogens is 5. The predicted octanol–water partition coefficient (Wildman–Crippen LogP) is 3.96. The molecular weight excluding hydrogens is 441 g/mol. The number of H-pyrrole nitrogens is 1. The molecule has 0 radical (unpaired) electrons. The fraction of sp³-hybridized carbons (Fsp3) is 0.100. The summed E-state index contributed by atoms with van der Waals surface area (Å²) < 4.78 is 14.9. The van der Waals surface area contributed by atoms with Gasteiger partial charge in [0.2, 0.25) is 16.9 Å². The van der Waals surface area contributed by atoms with Gasteiger partial charge in [-0.3, -0.25) is 9.89 Å². The molecule has 4 aromatic rings. The van der Waals surface area contributed by atoms with Gasteiger partial charge < -0.3 is 11.2 Å². The normalized spacial score (nSPS) is 10.9. The van der Waals surface area contributed by atoms with Crippen LogP contribution in [0.1, 0.15) is 6.42 Å². The molecule has 0 saturated carbocycles. The Morgan fingerprint density at radius 3 is 2.74 bits per heavy atom. The Bertz CT molecular complexity index is 1210. The largest absolute Gasteiger partial charge is 0.335 e. The van der Waals surface area contributed by atoms with Crippen LogP contribution in [0, 0.1) is 5.82 Å². The van der Waals surface area contributed by atoms with Gasteiger partial charge >= 0.3 is 0 Å². The number of carbonyl (C=O) groups is 1. The van der Waals surface area contributed by atoms with E-state index in [-0.39, 0.29) is 18.0 Å². The minimum absolute atomic E-state index is 0.150. The van der Waals surface area contributed by atoms with Crippen LogP contribution in [-0.4, -0.2) is 36.7 Å². The zero-order chi connectivity index (χ0) is 21.8. The third kappa shape index (κ3) is 4.86. The number of hydrogen-bond acceptors (Lipinski definition) is 6. The van der Waals surface area contributed by atoms with Gasteiger partial charge in [0.15, 0.2) is 0 Å². The fourth-order valence-electron chi connectivity index (χ4n) is 2.77. The van der Waals surface area contributed by atoms with Gasteiger partial charge in [-0.2, -0.15) is 5.10 Å². The minimum Gasteiger partial charge on any atom is -0.335 e. The summed E-state index contributed by atoms with van der Waals surface area (Å²) in [6, 6.07) is 15.1. The maximum Gasteiger partial charge on any atom is 0.225 e. The predicted molar refractivity (Wildman–Crippen MR) is 119 cm³/mol. The van der Waals surface area contributed by atoms with E-state index < -0.39 is 5.82 Å². The van der Waals surface area contributed by atoms with Crippen LogP contribution in [0.15, 0.2) is 59.8 Å².